The number of nitrogens with zero attached hydrogens (tertiary/aromatic N) is 2. The topological polar surface area (TPSA) is 118 Å². The van der Waals surface area contributed by atoms with Gasteiger partial charge in [-0.3, -0.25) is 19.3 Å². The van der Waals surface area contributed by atoms with Crippen molar-refractivity contribution in [2.24, 2.45) is 0 Å². The number of amides is 4. The fourth-order valence-electron chi connectivity index (χ4n) is 2.83. The minimum atomic E-state index is -1.04. The molecule has 1 saturated heterocycles. The number of aryl methyl sites for hydroxylation is 1. The van der Waals surface area contributed by atoms with Gasteiger partial charge in [0.25, 0.3) is 5.91 Å². The number of carbonyl (C=O) groups is 4. The van der Waals surface area contributed by atoms with Crippen LogP contribution in [0.15, 0.2) is 29.6 Å². The molecule has 0 radical (unpaired) electrons. The van der Waals surface area contributed by atoms with Gasteiger partial charge in [0.15, 0.2) is 0 Å². The Morgan fingerprint density at radius 3 is 2.67 bits per heavy atom. The molecular formula is C20H22N4O5S. The summed E-state index contributed by atoms with van der Waals surface area (Å²) in [6.07, 6.45) is 0.102. The summed E-state index contributed by atoms with van der Waals surface area (Å²) in [5.74, 6) is -1.40. The van der Waals surface area contributed by atoms with Gasteiger partial charge in [0.1, 0.15) is 23.7 Å². The minimum Gasteiger partial charge on any atom is -0.458 e. The first-order valence-electron chi connectivity index (χ1n) is 9.24. The van der Waals surface area contributed by atoms with E-state index in [-0.39, 0.29) is 18.9 Å². The second-order valence-electron chi connectivity index (χ2n) is 7.38. The van der Waals surface area contributed by atoms with Crippen LogP contribution in [0.25, 0.3) is 0 Å². The summed E-state index contributed by atoms with van der Waals surface area (Å²) in [5, 5.41) is 7.62. The van der Waals surface area contributed by atoms with Crippen LogP contribution in [0.2, 0.25) is 0 Å². The summed E-state index contributed by atoms with van der Waals surface area (Å²) in [6, 6.07) is 6.85. The highest BCUT2D eigenvalue weighted by molar-refractivity contribution is 7.09. The highest BCUT2D eigenvalue weighted by Crippen LogP contribution is 2.18. The molecule has 1 aliphatic rings. The lowest BCUT2D eigenvalue weighted by molar-refractivity contribution is -0.148. The smallest absolute Gasteiger partial charge is 0.326 e. The van der Waals surface area contributed by atoms with E-state index in [1.54, 1.807) is 19.2 Å². The number of urea groups is 1. The Labute approximate surface area is 177 Å². The molecule has 0 unspecified atom stereocenters. The van der Waals surface area contributed by atoms with Crippen LogP contribution in [0.3, 0.4) is 0 Å². The molecule has 0 atom stereocenters. The quantitative estimate of drug-likeness (QED) is 0.513. The Kier molecular flexibility index (Phi) is 6.16. The van der Waals surface area contributed by atoms with E-state index >= 15 is 0 Å². The van der Waals surface area contributed by atoms with Gasteiger partial charge in [-0.05, 0) is 32.4 Å². The summed E-state index contributed by atoms with van der Waals surface area (Å²) >= 11 is 1.29. The average molecular weight is 430 g/mol. The third-order valence-electron chi connectivity index (χ3n) is 4.44. The van der Waals surface area contributed by atoms with E-state index < -0.39 is 30.0 Å². The van der Waals surface area contributed by atoms with Crippen molar-refractivity contribution in [2.45, 2.75) is 39.3 Å². The Balaban J connectivity index is 1.48. The maximum Gasteiger partial charge on any atom is 0.326 e. The Bertz CT molecular complexity index is 1000. The Hall–Kier alpha value is -3.27. The zero-order chi connectivity index (χ0) is 21.9. The lowest BCUT2D eigenvalue weighted by atomic mass is 10.1. The number of hydrogen-bond donors (Lipinski definition) is 2. The number of ether oxygens (including phenoxy) is 1. The van der Waals surface area contributed by atoms with Crippen molar-refractivity contribution in [2.75, 3.05) is 11.9 Å². The predicted molar refractivity (Wildman–Crippen MR) is 110 cm³/mol. The molecule has 30 heavy (non-hydrogen) atoms. The molecule has 0 saturated carbocycles. The second-order valence-corrected chi connectivity index (χ2v) is 8.32. The summed E-state index contributed by atoms with van der Waals surface area (Å²) in [6.45, 7) is 4.45. The number of aromatic nitrogens is 1. The van der Waals surface area contributed by atoms with E-state index in [2.05, 4.69) is 15.6 Å². The maximum atomic E-state index is 12.2. The van der Waals surface area contributed by atoms with Gasteiger partial charge in [-0.25, -0.2) is 9.78 Å². The molecule has 4 amide bonds. The number of para-hydroxylation sites is 1. The van der Waals surface area contributed by atoms with Gasteiger partial charge in [-0.2, -0.15) is 0 Å². The number of hydrogen-bond acceptors (Lipinski definition) is 7. The molecule has 1 fully saturated rings. The number of nitrogens with one attached hydrogen (secondary N) is 2. The van der Waals surface area contributed by atoms with Crippen LogP contribution in [0.1, 0.15) is 30.1 Å². The number of benzene rings is 1. The van der Waals surface area contributed by atoms with Crippen molar-refractivity contribution in [3.05, 3.63) is 45.9 Å². The van der Waals surface area contributed by atoms with E-state index in [0.29, 0.717) is 10.7 Å². The van der Waals surface area contributed by atoms with Gasteiger partial charge < -0.3 is 15.4 Å². The van der Waals surface area contributed by atoms with E-state index in [1.165, 1.54) is 11.3 Å². The number of thiazole rings is 1. The van der Waals surface area contributed by atoms with Crippen molar-refractivity contribution in [1.82, 2.24) is 15.2 Å². The van der Waals surface area contributed by atoms with Gasteiger partial charge in [0.05, 0.1) is 12.1 Å². The SMILES string of the molecule is Cc1ccccc1NC(=O)Cc1nc(COC(=O)CN2C(=O)NC(C)(C)C2=O)cs1. The molecule has 1 aliphatic heterocycles. The van der Waals surface area contributed by atoms with E-state index in [4.69, 9.17) is 4.74 Å². The van der Waals surface area contributed by atoms with Crippen LogP contribution in [0.4, 0.5) is 10.5 Å². The van der Waals surface area contributed by atoms with Crippen molar-refractivity contribution in [3.63, 3.8) is 0 Å². The van der Waals surface area contributed by atoms with Crippen molar-refractivity contribution < 1.29 is 23.9 Å². The van der Waals surface area contributed by atoms with Crippen LogP contribution in [-0.2, 0) is 32.1 Å². The first kappa shape index (κ1) is 21.4. The fourth-order valence-corrected chi connectivity index (χ4v) is 3.61. The van der Waals surface area contributed by atoms with Crippen molar-refractivity contribution >= 4 is 40.8 Å². The van der Waals surface area contributed by atoms with Crippen LogP contribution >= 0.6 is 11.3 Å². The third kappa shape index (κ3) is 5.01. The standard InChI is InChI=1S/C20H22N4O5S/c1-12-6-4-5-7-14(12)22-15(25)8-16-21-13(11-30-16)10-29-17(26)9-24-18(27)20(2,3)23-19(24)28/h4-7,11H,8-10H2,1-3H3,(H,22,25)(H,23,28). The zero-order valence-electron chi connectivity index (χ0n) is 16.9. The molecule has 2 heterocycles. The van der Waals surface area contributed by atoms with Gasteiger partial charge in [0.2, 0.25) is 5.91 Å². The van der Waals surface area contributed by atoms with Gasteiger partial charge in [0, 0.05) is 11.1 Å². The lowest BCUT2D eigenvalue weighted by Gasteiger charge is -2.15. The average Bonchev–Trinajstić information content (AvgIpc) is 3.19. The Morgan fingerprint density at radius 1 is 1.27 bits per heavy atom. The number of esters is 1. The summed E-state index contributed by atoms with van der Waals surface area (Å²) in [7, 11) is 0. The number of rotatable bonds is 7. The minimum absolute atomic E-state index is 0.102. The number of anilines is 1. The normalized spacial score (nSPS) is 15.1. The van der Waals surface area contributed by atoms with E-state index in [1.807, 2.05) is 31.2 Å². The molecule has 1 aromatic heterocycles. The molecule has 3 rings (SSSR count). The lowest BCUT2D eigenvalue weighted by Crippen LogP contribution is -2.41. The number of imide groups is 1. The molecule has 2 N–H and O–H groups in total. The largest absolute Gasteiger partial charge is 0.458 e. The zero-order valence-corrected chi connectivity index (χ0v) is 17.7. The molecule has 0 bridgehead atoms. The fraction of sp³-hybridized carbons (Fsp3) is 0.350. The molecule has 0 aliphatic carbocycles. The highest BCUT2D eigenvalue weighted by atomic mass is 32.1. The molecule has 158 valence electrons. The van der Waals surface area contributed by atoms with Crippen LogP contribution in [0, 0.1) is 6.92 Å². The molecule has 9 nitrogen and oxygen atoms in total. The molecule has 2 aromatic rings. The first-order valence-corrected chi connectivity index (χ1v) is 10.1. The highest BCUT2D eigenvalue weighted by Gasteiger charge is 2.45. The first-order chi connectivity index (χ1) is 14.2. The third-order valence-corrected chi connectivity index (χ3v) is 5.34. The van der Waals surface area contributed by atoms with Crippen LogP contribution in [0.5, 0.6) is 0 Å². The van der Waals surface area contributed by atoms with Gasteiger partial charge >= 0.3 is 12.0 Å². The molecule has 10 heteroatoms. The van der Waals surface area contributed by atoms with E-state index in [0.717, 1.165) is 16.2 Å². The molecular weight excluding hydrogens is 408 g/mol. The molecule has 1 aromatic carbocycles. The van der Waals surface area contributed by atoms with Crippen LogP contribution in [-0.4, -0.2) is 45.8 Å². The summed E-state index contributed by atoms with van der Waals surface area (Å²) < 4.78 is 5.12. The summed E-state index contributed by atoms with van der Waals surface area (Å²) in [5.41, 5.74) is 1.16. The predicted octanol–water partition coefficient (Wildman–Crippen LogP) is 2.01. The van der Waals surface area contributed by atoms with E-state index in [9.17, 15) is 19.2 Å². The van der Waals surface area contributed by atoms with Crippen molar-refractivity contribution in [3.8, 4) is 0 Å². The Morgan fingerprint density at radius 2 is 2.00 bits per heavy atom. The van der Waals surface area contributed by atoms with Gasteiger partial charge in [-0.1, -0.05) is 18.2 Å². The monoisotopic (exact) mass is 430 g/mol. The maximum absolute atomic E-state index is 12.2. The summed E-state index contributed by atoms with van der Waals surface area (Å²) in [4.78, 5) is 53.2. The second kappa shape index (κ2) is 8.62. The van der Waals surface area contributed by atoms with Crippen molar-refractivity contribution in [1.29, 1.82) is 0 Å². The van der Waals surface area contributed by atoms with Crippen LogP contribution < -0.4 is 10.6 Å². The van der Waals surface area contributed by atoms with Gasteiger partial charge in [-0.15, -0.1) is 11.3 Å². The molecule has 0 spiro atoms. The number of carbonyl (C=O) groups excluding carboxylic acids is 4.